The summed E-state index contributed by atoms with van der Waals surface area (Å²) in [6.45, 7) is 0. The van der Waals surface area contributed by atoms with Crippen LogP contribution < -0.4 is 5.32 Å². The zero-order valence-electron chi connectivity index (χ0n) is 16.9. The third-order valence-electron chi connectivity index (χ3n) is 6.26. The van der Waals surface area contributed by atoms with Crippen LogP contribution in [0.4, 0.5) is 5.69 Å². The van der Waals surface area contributed by atoms with Gasteiger partial charge in [-0.05, 0) is 69.1 Å². The van der Waals surface area contributed by atoms with Crippen LogP contribution in [-0.2, 0) is 0 Å². The van der Waals surface area contributed by atoms with Crippen molar-refractivity contribution in [2.75, 3.05) is 5.32 Å². The Kier molecular flexibility index (Phi) is 4.06. The Hall–Kier alpha value is -3.58. The van der Waals surface area contributed by atoms with Gasteiger partial charge in [0.1, 0.15) is 0 Å². The van der Waals surface area contributed by atoms with Crippen molar-refractivity contribution >= 4 is 16.5 Å². The summed E-state index contributed by atoms with van der Waals surface area (Å²) in [5.74, 6) is 0. The summed E-state index contributed by atoms with van der Waals surface area (Å²) in [6, 6.07) is 28.9. The molecule has 1 nitrogen and oxygen atoms in total. The molecule has 4 aromatic rings. The van der Waals surface area contributed by atoms with Crippen molar-refractivity contribution in [2.24, 2.45) is 0 Å². The predicted molar refractivity (Wildman–Crippen MR) is 129 cm³/mol. The van der Waals surface area contributed by atoms with Gasteiger partial charge in [-0.15, -0.1) is 0 Å². The Bertz CT molecular complexity index is 1310. The molecule has 0 amide bonds. The molecule has 0 saturated heterocycles. The summed E-state index contributed by atoms with van der Waals surface area (Å²) in [5.41, 5.74) is 10.4. The highest BCUT2D eigenvalue weighted by atomic mass is 14.9. The molecule has 0 bridgehead atoms. The molecule has 30 heavy (non-hydrogen) atoms. The van der Waals surface area contributed by atoms with Gasteiger partial charge in [-0.3, -0.25) is 0 Å². The highest BCUT2D eigenvalue weighted by Crippen LogP contribution is 2.49. The summed E-state index contributed by atoms with van der Waals surface area (Å²) in [4.78, 5) is 0. The second kappa shape index (κ2) is 7.03. The summed E-state index contributed by atoms with van der Waals surface area (Å²) in [7, 11) is 0. The van der Waals surface area contributed by atoms with Gasteiger partial charge < -0.3 is 5.32 Å². The molecule has 0 spiro atoms. The molecule has 2 aliphatic rings. The van der Waals surface area contributed by atoms with E-state index in [-0.39, 0.29) is 0 Å². The number of nitrogens with one attached hydrogen (secondary N) is 1. The van der Waals surface area contributed by atoms with Gasteiger partial charge in [-0.1, -0.05) is 85.0 Å². The van der Waals surface area contributed by atoms with E-state index in [4.69, 9.17) is 0 Å². The number of allylic oxidation sites excluding steroid dienone is 3. The van der Waals surface area contributed by atoms with Crippen LogP contribution in [0.25, 0.3) is 44.2 Å². The molecule has 6 rings (SSSR count). The largest absolute Gasteiger partial charge is 0.359 e. The van der Waals surface area contributed by atoms with Gasteiger partial charge in [0.25, 0.3) is 0 Å². The van der Waals surface area contributed by atoms with E-state index in [1.54, 1.807) is 0 Å². The van der Waals surface area contributed by atoms with E-state index in [0.29, 0.717) is 0 Å². The minimum atomic E-state index is 0.976. The molecular formula is C29H23N. The lowest BCUT2D eigenvalue weighted by Crippen LogP contribution is -1.98. The van der Waals surface area contributed by atoms with Crippen LogP contribution >= 0.6 is 0 Å². The number of benzene rings is 4. The van der Waals surface area contributed by atoms with E-state index in [9.17, 15) is 0 Å². The number of hydrogen-bond donors (Lipinski definition) is 1. The average Bonchev–Trinajstić information content (AvgIpc) is 2.93. The Morgan fingerprint density at radius 2 is 1.37 bits per heavy atom. The number of rotatable bonds is 3. The molecule has 0 radical (unpaired) electrons. The van der Waals surface area contributed by atoms with Gasteiger partial charge in [0.15, 0.2) is 0 Å². The second-order valence-corrected chi connectivity index (χ2v) is 8.12. The monoisotopic (exact) mass is 385 g/mol. The molecule has 1 heteroatoms. The molecule has 0 unspecified atom stereocenters. The van der Waals surface area contributed by atoms with Crippen LogP contribution in [0.15, 0.2) is 103 Å². The molecule has 0 aliphatic heterocycles. The number of hydrogen-bond acceptors (Lipinski definition) is 1. The third-order valence-corrected chi connectivity index (χ3v) is 6.26. The van der Waals surface area contributed by atoms with Crippen LogP contribution in [0.1, 0.15) is 19.3 Å². The smallest absolute Gasteiger partial charge is 0.0388 e. The van der Waals surface area contributed by atoms with Crippen molar-refractivity contribution in [2.45, 2.75) is 19.3 Å². The van der Waals surface area contributed by atoms with Crippen molar-refractivity contribution in [3.63, 3.8) is 0 Å². The van der Waals surface area contributed by atoms with E-state index in [2.05, 4.69) is 102 Å². The first-order chi connectivity index (χ1) is 14.9. The highest BCUT2D eigenvalue weighted by molar-refractivity contribution is 6.18. The minimum absolute atomic E-state index is 0.976. The number of anilines is 1. The molecule has 0 aromatic heterocycles. The van der Waals surface area contributed by atoms with E-state index >= 15 is 0 Å². The van der Waals surface area contributed by atoms with E-state index in [0.717, 1.165) is 24.9 Å². The fraction of sp³-hybridized carbons (Fsp3) is 0.103. The summed E-state index contributed by atoms with van der Waals surface area (Å²) in [5, 5.41) is 6.35. The molecule has 4 aromatic carbocycles. The minimum Gasteiger partial charge on any atom is -0.359 e. The Balaban J connectivity index is 1.45. The molecular weight excluding hydrogens is 362 g/mol. The molecule has 1 N–H and O–H groups in total. The maximum absolute atomic E-state index is 3.64. The lowest BCUT2D eigenvalue weighted by Gasteiger charge is -2.13. The SMILES string of the molecule is C1=CCC(Nc2cccc(-c3ccc4c5c(cccc35)-c3ccccc3-4)c2)=CCC1. The first-order valence-corrected chi connectivity index (χ1v) is 10.8. The lowest BCUT2D eigenvalue weighted by atomic mass is 9.94. The quantitative estimate of drug-likeness (QED) is 0.309. The zero-order chi connectivity index (χ0) is 19.9. The van der Waals surface area contributed by atoms with Gasteiger partial charge in [0.05, 0.1) is 0 Å². The fourth-order valence-electron chi connectivity index (χ4n) is 4.88. The van der Waals surface area contributed by atoms with Crippen molar-refractivity contribution in [1.82, 2.24) is 0 Å². The van der Waals surface area contributed by atoms with Crippen LogP contribution in [0.5, 0.6) is 0 Å². The van der Waals surface area contributed by atoms with E-state index in [1.807, 2.05) is 0 Å². The van der Waals surface area contributed by atoms with Gasteiger partial charge in [-0.2, -0.15) is 0 Å². The topological polar surface area (TPSA) is 12.0 Å². The van der Waals surface area contributed by atoms with Gasteiger partial charge >= 0.3 is 0 Å². The van der Waals surface area contributed by atoms with Crippen LogP contribution in [0.3, 0.4) is 0 Å². The van der Waals surface area contributed by atoms with Crippen molar-refractivity contribution in [1.29, 1.82) is 0 Å². The molecule has 144 valence electrons. The first-order valence-electron chi connectivity index (χ1n) is 10.8. The van der Waals surface area contributed by atoms with Gasteiger partial charge in [-0.25, -0.2) is 0 Å². The maximum atomic E-state index is 3.64. The van der Waals surface area contributed by atoms with E-state index < -0.39 is 0 Å². The Morgan fingerprint density at radius 1 is 0.600 bits per heavy atom. The average molecular weight is 386 g/mol. The standard InChI is InChI=1S/C29H23N/c1-2-4-11-21(10-3-1)30-22-12-7-9-20(19-22)23-17-18-28-25-14-6-5-13-24(25)27-16-8-15-26(23)29(27)28/h1,3,5-9,11-19,30H,2,4,10H2. The van der Waals surface area contributed by atoms with Crippen LogP contribution in [-0.4, -0.2) is 0 Å². The molecule has 2 aliphatic carbocycles. The highest BCUT2D eigenvalue weighted by Gasteiger charge is 2.22. The zero-order valence-corrected chi connectivity index (χ0v) is 16.9. The van der Waals surface area contributed by atoms with E-state index in [1.165, 1.54) is 49.9 Å². The summed E-state index contributed by atoms with van der Waals surface area (Å²) in [6.07, 6.45) is 10.1. The van der Waals surface area contributed by atoms with Crippen LogP contribution in [0, 0.1) is 0 Å². The molecule has 0 atom stereocenters. The van der Waals surface area contributed by atoms with Crippen molar-refractivity contribution in [3.8, 4) is 33.4 Å². The predicted octanol–water partition coefficient (Wildman–Crippen LogP) is 8.19. The molecule has 0 heterocycles. The number of fused-ring (bicyclic) bond motifs is 3. The van der Waals surface area contributed by atoms with Crippen molar-refractivity contribution < 1.29 is 0 Å². The van der Waals surface area contributed by atoms with Crippen LogP contribution in [0.2, 0.25) is 0 Å². The second-order valence-electron chi connectivity index (χ2n) is 8.12. The molecule has 0 saturated carbocycles. The lowest BCUT2D eigenvalue weighted by molar-refractivity contribution is 1.05. The summed E-state index contributed by atoms with van der Waals surface area (Å²) >= 11 is 0. The normalized spacial score (nSPS) is 14.3. The Labute approximate surface area is 177 Å². The fourth-order valence-corrected chi connectivity index (χ4v) is 4.88. The Morgan fingerprint density at radius 3 is 2.27 bits per heavy atom. The van der Waals surface area contributed by atoms with Gasteiger partial charge in [0, 0.05) is 17.8 Å². The maximum Gasteiger partial charge on any atom is 0.0388 e. The molecule has 0 fully saturated rings. The van der Waals surface area contributed by atoms with Gasteiger partial charge in [0.2, 0.25) is 0 Å². The summed E-state index contributed by atoms with van der Waals surface area (Å²) < 4.78 is 0. The first kappa shape index (κ1) is 17.3. The third kappa shape index (κ3) is 2.78. The van der Waals surface area contributed by atoms with Crippen molar-refractivity contribution in [3.05, 3.63) is 103 Å².